The third kappa shape index (κ3) is 5.07. The first-order chi connectivity index (χ1) is 13.5. The number of hydrogen-bond donors (Lipinski definition) is 2. The van der Waals surface area contributed by atoms with Gasteiger partial charge >= 0.3 is 11.8 Å². The molecule has 0 unspecified atom stereocenters. The fraction of sp³-hybridized carbons (Fsp3) is 0.300. The molecule has 2 N–H and O–H groups in total. The number of pyridine rings is 1. The topological polar surface area (TPSA) is 91.4 Å². The van der Waals surface area contributed by atoms with Crippen molar-refractivity contribution in [3.63, 3.8) is 0 Å². The number of para-hydroxylation sites is 1. The molecule has 1 aromatic heterocycles. The molecule has 3 amide bonds. The lowest BCUT2D eigenvalue weighted by Gasteiger charge is -2.32. The van der Waals surface area contributed by atoms with Crippen molar-refractivity contribution in [2.24, 2.45) is 5.92 Å². The number of hydrogen-bond acceptors (Lipinski definition) is 4. The third-order valence-electron chi connectivity index (χ3n) is 4.71. The van der Waals surface area contributed by atoms with Crippen molar-refractivity contribution in [3.8, 4) is 0 Å². The van der Waals surface area contributed by atoms with E-state index < -0.39 is 11.8 Å². The Morgan fingerprint density at radius 1 is 1.04 bits per heavy atom. The highest BCUT2D eigenvalue weighted by molar-refractivity contribution is 6.41. The number of nitrogens with zero attached hydrogens (tertiary/aromatic N) is 2. The highest BCUT2D eigenvalue weighted by Gasteiger charge is 2.24. The highest BCUT2D eigenvalue weighted by Crippen LogP contribution is 2.20. The minimum absolute atomic E-state index is 0.0102. The first-order valence-electron chi connectivity index (χ1n) is 9.07. The highest BCUT2D eigenvalue weighted by atomic mass is 35.5. The molecule has 1 aliphatic rings. The number of benzene rings is 1. The van der Waals surface area contributed by atoms with E-state index in [-0.39, 0.29) is 11.8 Å². The number of likely N-dealkylation sites (tertiary alicyclic amines) is 1. The lowest BCUT2D eigenvalue weighted by Crippen LogP contribution is -2.43. The van der Waals surface area contributed by atoms with Gasteiger partial charge in [-0.25, -0.2) is 0 Å². The molecule has 0 atom stereocenters. The van der Waals surface area contributed by atoms with Gasteiger partial charge in [0.1, 0.15) is 0 Å². The fourth-order valence-corrected chi connectivity index (χ4v) is 3.26. The van der Waals surface area contributed by atoms with E-state index in [0.717, 1.165) is 12.8 Å². The van der Waals surface area contributed by atoms with E-state index in [9.17, 15) is 14.4 Å². The number of halogens is 1. The Morgan fingerprint density at radius 2 is 1.71 bits per heavy atom. The van der Waals surface area contributed by atoms with Crippen molar-refractivity contribution in [2.75, 3.05) is 25.0 Å². The average Bonchev–Trinajstić information content (AvgIpc) is 2.74. The first-order valence-corrected chi connectivity index (χ1v) is 9.45. The van der Waals surface area contributed by atoms with Crippen molar-refractivity contribution < 1.29 is 14.4 Å². The van der Waals surface area contributed by atoms with Gasteiger partial charge in [0.25, 0.3) is 5.91 Å². The molecule has 0 saturated carbocycles. The maximum atomic E-state index is 12.4. The van der Waals surface area contributed by atoms with Crippen molar-refractivity contribution in [1.29, 1.82) is 0 Å². The standard InChI is InChI=1S/C20H21ClN4O3/c21-16-3-1-2-4-17(16)24-19(27)18(26)23-13-14-7-11-25(12-8-14)20(28)15-5-9-22-10-6-15/h1-6,9-10,14H,7-8,11-13H2,(H,23,26)(H,24,27). The zero-order chi connectivity index (χ0) is 19.9. The van der Waals surface area contributed by atoms with Crippen LogP contribution < -0.4 is 10.6 Å². The van der Waals surface area contributed by atoms with Gasteiger partial charge in [0.05, 0.1) is 10.7 Å². The van der Waals surface area contributed by atoms with Crippen LogP contribution >= 0.6 is 11.6 Å². The maximum Gasteiger partial charge on any atom is 0.313 e. The largest absolute Gasteiger partial charge is 0.348 e. The molecule has 1 fully saturated rings. The van der Waals surface area contributed by atoms with Gasteiger partial charge < -0.3 is 15.5 Å². The molecule has 1 saturated heterocycles. The summed E-state index contributed by atoms with van der Waals surface area (Å²) in [5.74, 6) is -1.24. The molecule has 28 heavy (non-hydrogen) atoms. The van der Waals surface area contributed by atoms with Gasteiger partial charge in [-0.2, -0.15) is 0 Å². The van der Waals surface area contributed by atoms with Gasteiger partial charge in [-0.1, -0.05) is 23.7 Å². The molecule has 0 bridgehead atoms. The van der Waals surface area contributed by atoms with Crippen LogP contribution in [0.1, 0.15) is 23.2 Å². The van der Waals surface area contributed by atoms with Gasteiger partial charge in [0.15, 0.2) is 0 Å². The predicted molar refractivity (Wildman–Crippen MR) is 106 cm³/mol. The Balaban J connectivity index is 1.42. The van der Waals surface area contributed by atoms with Crippen LogP contribution in [-0.4, -0.2) is 47.2 Å². The van der Waals surface area contributed by atoms with E-state index in [1.807, 2.05) is 0 Å². The van der Waals surface area contributed by atoms with Crippen LogP contribution in [0.5, 0.6) is 0 Å². The maximum absolute atomic E-state index is 12.4. The first kappa shape index (κ1) is 19.8. The summed E-state index contributed by atoms with van der Waals surface area (Å²) < 4.78 is 0. The third-order valence-corrected chi connectivity index (χ3v) is 5.04. The number of piperidine rings is 1. The number of carbonyl (C=O) groups is 3. The molecule has 3 rings (SSSR count). The molecule has 1 aromatic carbocycles. The van der Waals surface area contributed by atoms with E-state index in [4.69, 9.17) is 11.6 Å². The predicted octanol–water partition coefficient (Wildman–Crippen LogP) is 2.34. The quantitative estimate of drug-likeness (QED) is 0.770. The Bertz CT molecular complexity index is 852. The Morgan fingerprint density at radius 3 is 2.39 bits per heavy atom. The van der Waals surface area contributed by atoms with Gasteiger partial charge in [-0.3, -0.25) is 19.4 Å². The minimum atomic E-state index is -0.751. The number of rotatable bonds is 4. The molecular weight excluding hydrogens is 380 g/mol. The summed E-state index contributed by atoms with van der Waals surface area (Å²) in [5.41, 5.74) is 1.02. The minimum Gasteiger partial charge on any atom is -0.348 e. The van der Waals surface area contributed by atoms with E-state index >= 15 is 0 Å². The molecule has 0 spiro atoms. The van der Waals surface area contributed by atoms with Crippen LogP contribution in [0.15, 0.2) is 48.8 Å². The van der Waals surface area contributed by atoms with Gasteiger partial charge in [0, 0.05) is 37.6 Å². The van der Waals surface area contributed by atoms with Crippen molar-refractivity contribution >= 4 is 35.0 Å². The van der Waals surface area contributed by atoms with E-state index in [1.165, 1.54) is 0 Å². The molecule has 2 aromatic rings. The zero-order valence-corrected chi connectivity index (χ0v) is 16.0. The Kier molecular flexibility index (Phi) is 6.60. The summed E-state index contributed by atoms with van der Waals surface area (Å²) in [6.45, 7) is 1.63. The number of aromatic nitrogens is 1. The van der Waals surface area contributed by atoms with Crippen molar-refractivity contribution in [2.45, 2.75) is 12.8 Å². The average molecular weight is 401 g/mol. The van der Waals surface area contributed by atoms with Crippen LogP contribution in [0.4, 0.5) is 5.69 Å². The smallest absolute Gasteiger partial charge is 0.313 e. The molecule has 8 heteroatoms. The number of nitrogens with one attached hydrogen (secondary N) is 2. The molecule has 0 radical (unpaired) electrons. The fourth-order valence-electron chi connectivity index (χ4n) is 3.08. The molecule has 2 heterocycles. The lowest BCUT2D eigenvalue weighted by atomic mass is 9.96. The van der Waals surface area contributed by atoms with Gasteiger partial charge in [-0.05, 0) is 43.0 Å². The molecule has 7 nitrogen and oxygen atoms in total. The van der Waals surface area contributed by atoms with Crippen molar-refractivity contribution in [1.82, 2.24) is 15.2 Å². The molecule has 146 valence electrons. The van der Waals surface area contributed by atoms with Crippen LogP contribution in [0.25, 0.3) is 0 Å². The van der Waals surface area contributed by atoms with Crippen LogP contribution in [0.3, 0.4) is 0 Å². The normalized spacial score (nSPS) is 14.4. The summed E-state index contributed by atoms with van der Waals surface area (Å²) in [6, 6.07) is 10.1. The second kappa shape index (κ2) is 9.32. The Hall–Kier alpha value is -2.93. The number of anilines is 1. The second-order valence-corrected chi connectivity index (χ2v) is 7.02. The van der Waals surface area contributed by atoms with Crippen LogP contribution in [0.2, 0.25) is 5.02 Å². The summed E-state index contributed by atoms with van der Waals surface area (Å²) in [7, 11) is 0. The molecular formula is C20H21ClN4O3. The summed E-state index contributed by atoms with van der Waals surface area (Å²) in [4.78, 5) is 42.2. The number of carbonyl (C=O) groups excluding carboxylic acids is 3. The lowest BCUT2D eigenvalue weighted by molar-refractivity contribution is -0.136. The van der Waals surface area contributed by atoms with Crippen LogP contribution in [-0.2, 0) is 9.59 Å². The van der Waals surface area contributed by atoms with E-state index in [2.05, 4.69) is 15.6 Å². The zero-order valence-electron chi connectivity index (χ0n) is 15.2. The van der Waals surface area contributed by atoms with Gasteiger partial charge in [-0.15, -0.1) is 0 Å². The second-order valence-electron chi connectivity index (χ2n) is 6.62. The molecule has 0 aliphatic carbocycles. The van der Waals surface area contributed by atoms with Crippen molar-refractivity contribution in [3.05, 3.63) is 59.4 Å². The SMILES string of the molecule is O=C(NCC1CCN(C(=O)c2ccncc2)CC1)C(=O)Nc1ccccc1Cl. The molecule has 1 aliphatic heterocycles. The van der Waals surface area contributed by atoms with Gasteiger partial charge in [0.2, 0.25) is 0 Å². The number of amides is 3. The summed E-state index contributed by atoms with van der Waals surface area (Å²) in [5, 5.41) is 5.53. The summed E-state index contributed by atoms with van der Waals surface area (Å²) >= 11 is 5.97. The van der Waals surface area contributed by atoms with E-state index in [0.29, 0.717) is 35.9 Å². The monoisotopic (exact) mass is 400 g/mol. The summed E-state index contributed by atoms with van der Waals surface area (Å²) in [6.07, 6.45) is 4.73. The Labute approximate surface area is 168 Å². The van der Waals surface area contributed by atoms with E-state index in [1.54, 1.807) is 53.7 Å². The van der Waals surface area contributed by atoms with Crippen LogP contribution in [0, 0.1) is 5.92 Å².